The van der Waals surface area contributed by atoms with E-state index in [0.29, 0.717) is 19.5 Å². The minimum absolute atomic E-state index is 0.0314. The molecule has 2 rings (SSSR count). The SMILES string of the molecule is CCC1(C)C(=O)NC(C)C(=O)N1CCn1cccn1. The van der Waals surface area contributed by atoms with E-state index in [1.54, 1.807) is 22.7 Å². The van der Waals surface area contributed by atoms with E-state index in [2.05, 4.69) is 10.4 Å². The van der Waals surface area contributed by atoms with E-state index in [4.69, 9.17) is 0 Å². The third kappa shape index (κ3) is 2.34. The lowest BCUT2D eigenvalue weighted by Crippen LogP contribution is -2.69. The number of rotatable bonds is 4. The first-order chi connectivity index (χ1) is 8.99. The highest BCUT2D eigenvalue weighted by Crippen LogP contribution is 2.24. The Balaban J connectivity index is 2.17. The molecule has 0 spiro atoms. The minimum Gasteiger partial charge on any atom is -0.343 e. The van der Waals surface area contributed by atoms with Crippen LogP contribution in [-0.2, 0) is 16.1 Å². The largest absolute Gasteiger partial charge is 0.343 e. The van der Waals surface area contributed by atoms with Crippen molar-refractivity contribution >= 4 is 11.8 Å². The van der Waals surface area contributed by atoms with Crippen LogP contribution in [0.25, 0.3) is 0 Å². The minimum atomic E-state index is -0.767. The van der Waals surface area contributed by atoms with Gasteiger partial charge in [-0.15, -0.1) is 0 Å². The molecule has 104 valence electrons. The fourth-order valence-corrected chi connectivity index (χ4v) is 2.36. The number of nitrogens with zero attached hydrogens (tertiary/aromatic N) is 3. The van der Waals surface area contributed by atoms with Crippen LogP contribution in [0.5, 0.6) is 0 Å². The third-order valence-corrected chi connectivity index (χ3v) is 3.87. The normalized spacial score (nSPS) is 27.5. The predicted octanol–water partition coefficient (Wildman–Crippen LogP) is 0.399. The fraction of sp³-hybridized carbons (Fsp3) is 0.615. The molecule has 6 heteroatoms. The number of carbonyl (C=O) groups is 2. The van der Waals surface area contributed by atoms with Crippen LogP contribution in [0.4, 0.5) is 0 Å². The number of hydrogen-bond donors (Lipinski definition) is 1. The summed E-state index contributed by atoms with van der Waals surface area (Å²) in [5, 5.41) is 6.86. The van der Waals surface area contributed by atoms with E-state index < -0.39 is 11.6 Å². The average Bonchev–Trinajstić information content (AvgIpc) is 2.89. The molecule has 1 fully saturated rings. The summed E-state index contributed by atoms with van der Waals surface area (Å²) in [6, 6.07) is 1.39. The van der Waals surface area contributed by atoms with E-state index in [9.17, 15) is 9.59 Å². The highest BCUT2D eigenvalue weighted by atomic mass is 16.2. The Morgan fingerprint density at radius 1 is 1.42 bits per heavy atom. The van der Waals surface area contributed by atoms with Crippen LogP contribution in [0.15, 0.2) is 18.5 Å². The molecule has 1 aromatic rings. The smallest absolute Gasteiger partial charge is 0.246 e. The van der Waals surface area contributed by atoms with Crippen molar-refractivity contribution in [2.75, 3.05) is 6.54 Å². The number of carbonyl (C=O) groups excluding carboxylic acids is 2. The molecule has 0 aliphatic carbocycles. The van der Waals surface area contributed by atoms with Crippen molar-refractivity contribution < 1.29 is 9.59 Å². The molecule has 1 aliphatic heterocycles. The van der Waals surface area contributed by atoms with Crippen LogP contribution >= 0.6 is 0 Å². The molecule has 1 aromatic heterocycles. The lowest BCUT2D eigenvalue weighted by Gasteiger charge is -2.45. The molecule has 1 aliphatic rings. The van der Waals surface area contributed by atoms with E-state index in [-0.39, 0.29) is 11.8 Å². The lowest BCUT2D eigenvalue weighted by molar-refractivity contribution is -0.156. The number of amides is 2. The van der Waals surface area contributed by atoms with Crippen LogP contribution in [0.2, 0.25) is 0 Å². The highest BCUT2D eigenvalue weighted by molar-refractivity contribution is 5.99. The first-order valence-electron chi connectivity index (χ1n) is 6.59. The van der Waals surface area contributed by atoms with Crippen LogP contribution in [0.1, 0.15) is 27.2 Å². The van der Waals surface area contributed by atoms with Crippen molar-refractivity contribution in [1.29, 1.82) is 0 Å². The van der Waals surface area contributed by atoms with Crippen LogP contribution in [0, 0.1) is 0 Å². The molecule has 0 bridgehead atoms. The Morgan fingerprint density at radius 3 is 2.74 bits per heavy atom. The molecular formula is C13H20N4O2. The Hall–Kier alpha value is -1.85. The summed E-state index contributed by atoms with van der Waals surface area (Å²) in [7, 11) is 0. The van der Waals surface area contributed by atoms with E-state index in [1.807, 2.05) is 26.1 Å². The van der Waals surface area contributed by atoms with E-state index >= 15 is 0 Å². The number of nitrogens with one attached hydrogen (secondary N) is 1. The first-order valence-corrected chi connectivity index (χ1v) is 6.59. The van der Waals surface area contributed by atoms with Crippen molar-refractivity contribution in [3.8, 4) is 0 Å². The van der Waals surface area contributed by atoms with E-state index in [0.717, 1.165) is 0 Å². The van der Waals surface area contributed by atoms with Crippen LogP contribution in [0.3, 0.4) is 0 Å². The van der Waals surface area contributed by atoms with Gasteiger partial charge in [0, 0.05) is 18.9 Å². The van der Waals surface area contributed by atoms with Gasteiger partial charge in [0.05, 0.1) is 6.54 Å². The van der Waals surface area contributed by atoms with Gasteiger partial charge >= 0.3 is 0 Å². The summed E-state index contributed by atoms with van der Waals surface area (Å²) >= 11 is 0. The van der Waals surface area contributed by atoms with Gasteiger partial charge in [-0.3, -0.25) is 14.3 Å². The second kappa shape index (κ2) is 5.03. The molecule has 1 saturated heterocycles. The molecule has 2 unspecified atom stereocenters. The summed E-state index contributed by atoms with van der Waals surface area (Å²) in [4.78, 5) is 26.1. The van der Waals surface area contributed by atoms with Gasteiger partial charge in [0.15, 0.2) is 0 Å². The number of aromatic nitrogens is 2. The highest BCUT2D eigenvalue weighted by Gasteiger charge is 2.46. The molecule has 2 heterocycles. The third-order valence-electron chi connectivity index (χ3n) is 3.87. The summed E-state index contributed by atoms with van der Waals surface area (Å²) in [6.07, 6.45) is 4.14. The van der Waals surface area contributed by atoms with Gasteiger partial charge in [-0.05, 0) is 26.3 Å². The zero-order valence-electron chi connectivity index (χ0n) is 11.6. The molecule has 0 aromatic carbocycles. The van der Waals surface area contributed by atoms with Gasteiger partial charge in [-0.25, -0.2) is 0 Å². The van der Waals surface area contributed by atoms with Crippen molar-refractivity contribution in [3.05, 3.63) is 18.5 Å². The number of hydrogen-bond acceptors (Lipinski definition) is 3. The Bertz CT molecular complexity index is 471. The lowest BCUT2D eigenvalue weighted by atomic mass is 9.91. The number of piperazine rings is 1. The van der Waals surface area contributed by atoms with Gasteiger partial charge in [-0.2, -0.15) is 5.10 Å². The van der Waals surface area contributed by atoms with Crippen LogP contribution in [-0.4, -0.2) is 44.6 Å². The first kappa shape index (κ1) is 13.6. The van der Waals surface area contributed by atoms with Crippen molar-refractivity contribution in [2.24, 2.45) is 0 Å². The molecule has 2 atom stereocenters. The van der Waals surface area contributed by atoms with Crippen molar-refractivity contribution in [3.63, 3.8) is 0 Å². The molecule has 19 heavy (non-hydrogen) atoms. The standard InChI is InChI=1S/C13H20N4O2/c1-4-13(3)12(19)15-10(2)11(18)17(13)9-8-16-7-5-6-14-16/h5-7,10H,4,8-9H2,1-3H3,(H,15,19). The summed E-state index contributed by atoms with van der Waals surface area (Å²) in [5.74, 6) is -0.112. The van der Waals surface area contributed by atoms with Crippen molar-refractivity contribution in [1.82, 2.24) is 20.0 Å². The Kier molecular flexibility index (Phi) is 3.59. The van der Waals surface area contributed by atoms with Gasteiger partial charge in [0.2, 0.25) is 11.8 Å². The van der Waals surface area contributed by atoms with Gasteiger partial charge in [0.25, 0.3) is 0 Å². The predicted molar refractivity (Wildman–Crippen MR) is 70.2 cm³/mol. The monoisotopic (exact) mass is 264 g/mol. The molecule has 6 nitrogen and oxygen atoms in total. The second-order valence-corrected chi connectivity index (χ2v) is 5.08. The van der Waals surface area contributed by atoms with Crippen LogP contribution < -0.4 is 5.32 Å². The average molecular weight is 264 g/mol. The Labute approximate surface area is 112 Å². The Morgan fingerprint density at radius 2 is 2.16 bits per heavy atom. The molecule has 1 N–H and O–H groups in total. The maximum Gasteiger partial charge on any atom is 0.246 e. The van der Waals surface area contributed by atoms with Crippen molar-refractivity contribution in [2.45, 2.75) is 45.3 Å². The van der Waals surface area contributed by atoms with E-state index in [1.165, 1.54) is 0 Å². The maximum atomic E-state index is 12.3. The fourth-order valence-electron chi connectivity index (χ4n) is 2.36. The molecule has 0 saturated carbocycles. The van der Waals surface area contributed by atoms with Gasteiger partial charge in [-0.1, -0.05) is 6.92 Å². The molecule has 0 radical (unpaired) electrons. The maximum absolute atomic E-state index is 12.3. The van der Waals surface area contributed by atoms with Gasteiger partial charge in [0.1, 0.15) is 11.6 Å². The summed E-state index contributed by atoms with van der Waals surface area (Å²) < 4.78 is 1.76. The van der Waals surface area contributed by atoms with Gasteiger partial charge < -0.3 is 10.2 Å². The summed E-state index contributed by atoms with van der Waals surface area (Å²) in [6.45, 7) is 6.53. The molecule has 2 amide bonds. The molecular weight excluding hydrogens is 244 g/mol. The second-order valence-electron chi connectivity index (χ2n) is 5.08. The zero-order chi connectivity index (χ0) is 14.0. The zero-order valence-corrected chi connectivity index (χ0v) is 11.6. The summed E-state index contributed by atoms with van der Waals surface area (Å²) in [5.41, 5.74) is -0.767. The topological polar surface area (TPSA) is 67.2 Å². The quantitative estimate of drug-likeness (QED) is 0.856.